The molecule has 0 saturated carbocycles. The molecule has 2 rings (SSSR count). The predicted octanol–water partition coefficient (Wildman–Crippen LogP) is 4.46. The van der Waals surface area contributed by atoms with Gasteiger partial charge in [-0.3, -0.25) is 4.90 Å². The molecule has 1 atom stereocenters. The number of nitrogens with one attached hydrogen (secondary N) is 1. The number of nitrogens with zero attached hydrogens (tertiary/aromatic N) is 1. The van der Waals surface area contributed by atoms with Gasteiger partial charge in [-0.15, -0.1) is 24.8 Å². The summed E-state index contributed by atoms with van der Waals surface area (Å²) in [6.45, 7) is 1.81. The minimum atomic E-state index is -4.58. The molecule has 1 heterocycles. The molecule has 0 amide bonds. The van der Waals surface area contributed by atoms with E-state index in [-0.39, 0.29) is 36.1 Å². The normalized spacial score (nSPS) is 17.0. The van der Waals surface area contributed by atoms with Crippen molar-refractivity contribution in [3.05, 3.63) is 29.3 Å². The molecule has 1 aromatic rings. The second kappa shape index (κ2) is 9.87. The van der Waals surface area contributed by atoms with Gasteiger partial charge in [-0.05, 0) is 12.1 Å². The number of benzene rings is 1. The van der Waals surface area contributed by atoms with E-state index in [2.05, 4.69) is 5.32 Å². The first-order chi connectivity index (χ1) is 11.1. The van der Waals surface area contributed by atoms with E-state index in [4.69, 9.17) is 4.74 Å². The van der Waals surface area contributed by atoms with Gasteiger partial charge in [0.25, 0.3) is 0 Å². The summed E-state index contributed by atoms with van der Waals surface area (Å²) in [4.78, 5) is 1.62. The van der Waals surface area contributed by atoms with Crippen LogP contribution in [0.1, 0.15) is 23.6 Å². The largest absolute Gasteiger partial charge is 0.496 e. The van der Waals surface area contributed by atoms with Crippen molar-refractivity contribution in [1.82, 2.24) is 10.2 Å². The SMILES string of the molecule is COc1cc(C(F)(F)F)ccc1[C@@H](CC(F)(F)F)N1CCNCC1.Cl.Cl. The van der Waals surface area contributed by atoms with Crippen molar-refractivity contribution in [1.29, 1.82) is 0 Å². The number of methoxy groups -OCH3 is 1. The van der Waals surface area contributed by atoms with Crippen molar-refractivity contribution in [2.45, 2.75) is 24.8 Å². The summed E-state index contributed by atoms with van der Waals surface area (Å²) in [6.07, 6.45) is -10.2. The Bertz CT molecular complexity index is 562. The minimum absolute atomic E-state index is 0. The monoisotopic (exact) mass is 428 g/mol. The highest BCUT2D eigenvalue weighted by atomic mass is 35.5. The fraction of sp³-hybridized carbons (Fsp3) is 0.600. The Morgan fingerprint density at radius 2 is 1.65 bits per heavy atom. The van der Waals surface area contributed by atoms with E-state index in [0.29, 0.717) is 26.2 Å². The van der Waals surface area contributed by atoms with Crippen LogP contribution in [0.5, 0.6) is 5.75 Å². The minimum Gasteiger partial charge on any atom is -0.496 e. The Morgan fingerprint density at radius 3 is 2.12 bits per heavy atom. The summed E-state index contributed by atoms with van der Waals surface area (Å²) in [5.41, 5.74) is -0.834. The Balaban J connectivity index is 0.00000312. The molecule has 0 bridgehead atoms. The second-order valence-electron chi connectivity index (χ2n) is 5.58. The first-order valence-corrected chi connectivity index (χ1v) is 7.38. The third-order valence-electron chi connectivity index (χ3n) is 3.94. The van der Waals surface area contributed by atoms with Crippen molar-refractivity contribution in [3.63, 3.8) is 0 Å². The summed E-state index contributed by atoms with van der Waals surface area (Å²) >= 11 is 0. The topological polar surface area (TPSA) is 24.5 Å². The van der Waals surface area contributed by atoms with E-state index < -0.39 is 30.4 Å². The zero-order valence-corrected chi connectivity index (χ0v) is 15.4. The molecule has 1 fully saturated rings. The van der Waals surface area contributed by atoms with Gasteiger partial charge in [-0.2, -0.15) is 26.3 Å². The first kappa shape index (κ1) is 25.1. The number of piperazine rings is 1. The number of alkyl halides is 6. The lowest BCUT2D eigenvalue weighted by Gasteiger charge is -2.36. The van der Waals surface area contributed by atoms with Gasteiger partial charge in [0.05, 0.1) is 19.1 Å². The van der Waals surface area contributed by atoms with Crippen LogP contribution >= 0.6 is 24.8 Å². The molecule has 1 aliphatic rings. The standard InChI is InChI=1S/C15H18F6N2O.2ClH/c1-24-13-8-10(15(19,20)21)2-3-11(13)12(9-14(16,17)18)23-6-4-22-5-7-23;;/h2-3,8,12,22H,4-7,9H2,1H3;2*1H/t12-;;/m1../s1. The number of halogens is 8. The smallest absolute Gasteiger partial charge is 0.416 e. The summed E-state index contributed by atoms with van der Waals surface area (Å²) in [6, 6.07) is 1.55. The van der Waals surface area contributed by atoms with Crippen LogP contribution in [0.3, 0.4) is 0 Å². The molecule has 0 unspecified atom stereocenters. The Kier molecular flexibility index (Phi) is 9.53. The molecule has 0 radical (unpaired) electrons. The first-order valence-electron chi connectivity index (χ1n) is 7.38. The maximum atomic E-state index is 13.0. The fourth-order valence-corrected chi connectivity index (χ4v) is 2.81. The zero-order chi connectivity index (χ0) is 18.0. The third kappa shape index (κ3) is 6.68. The molecular weight excluding hydrogens is 409 g/mol. The van der Waals surface area contributed by atoms with E-state index in [1.54, 1.807) is 4.90 Å². The Labute approximate surface area is 159 Å². The maximum absolute atomic E-state index is 13.0. The fourth-order valence-electron chi connectivity index (χ4n) is 2.81. The number of hydrogen-bond acceptors (Lipinski definition) is 3. The molecule has 0 spiro atoms. The molecule has 1 aliphatic heterocycles. The lowest BCUT2D eigenvalue weighted by Crippen LogP contribution is -2.46. The van der Waals surface area contributed by atoms with Crippen LogP contribution in [0.4, 0.5) is 26.3 Å². The molecule has 26 heavy (non-hydrogen) atoms. The van der Waals surface area contributed by atoms with Crippen molar-refractivity contribution in [2.24, 2.45) is 0 Å². The second-order valence-corrected chi connectivity index (χ2v) is 5.58. The summed E-state index contributed by atoms with van der Waals surface area (Å²) in [5, 5.41) is 3.04. The number of ether oxygens (including phenoxy) is 1. The summed E-state index contributed by atoms with van der Waals surface area (Å²) in [7, 11) is 1.15. The van der Waals surface area contributed by atoms with Crippen LogP contribution in [0.25, 0.3) is 0 Å². The van der Waals surface area contributed by atoms with Gasteiger partial charge in [0.2, 0.25) is 0 Å². The van der Waals surface area contributed by atoms with Crippen molar-refractivity contribution in [2.75, 3.05) is 33.3 Å². The highest BCUT2D eigenvalue weighted by Crippen LogP contribution is 2.40. The van der Waals surface area contributed by atoms with Gasteiger partial charge in [-0.1, -0.05) is 6.07 Å². The van der Waals surface area contributed by atoms with Crippen LogP contribution in [0.2, 0.25) is 0 Å². The van der Waals surface area contributed by atoms with E-state index >= 15 is 0 Å². The van der Waals surface area contributed by atoms with E-state index in [1.165, 1.54) is 0 Å². The molecule has 1 N–H and O–H groups in total. The van der Waals surface area contributed by atoms with E-state index in [1.807, 2.05) is 0 Å². The average Bonchev–Trinajstić information content (AvgIpc) is 2.51. The number of hydrogen-bond donors (Lipinski definition) is 1. The third-order valence-corrected chi connectivity index (χ3v) is 3.94. The van der Waals surface area contributed by atoms with E-state index in [9.17, 15) is 26.3 Å². The highest BCUT2D eigenvalue weighted by Gasteiger charge is 2.38. The van der Waals surface area contributed by atoms with Crippen LogP contribution in [-0.2, 0) is 6.18 Å². The van der Waals surface area contributed by atoms with Crippen LogP contribution in [0.15, 0.2) is 18.2 Å². The highest BCUT2D eigenvalue weighted by molar-refractivity contribution is 5.85. The molecule has 152 valence electrons. The molecular formula is C15H20Cl2F6N2O. The molecule has 11 heteroatoms. The molecule has 1 saturated heterocycles. The van der Waals surface area contributed by atoms with Crippen molar-refractivity contribution < 1.29 is 31.1 Å². The zero-order valence-electron chi connectivity index (χ0n) is 13.8. The summed E-state index contributed by atoms with van der Waals surface area (Å²) < 4.78 is 82.3. The van der Waals surface area contributed by atoms with Gasteiger partial charge in [0, 0.05) is 37.8 Å². The van der Waals surface area contributed by atoms with Gasteiger partial charge in [0.15, 0.2) is 0 Å². The maximum Gasteiger partial charge on any atom is 0.416 e. The van der Waals surface area contributed by atoms with Gasteiger partial charge >= 0.3 is 12.4 Å². The van der Waals surface area contributed by atoms with Crippen LogP contribution < -0.4 is 10.1 Å². The Hall–Kier alpha value is -0.900. The number of rotatable bonds is 4. The van der Waals surface area contributed by atoms with Crippen LogP contribution in [0, 0.1) is 0 Å². The van der Waals surface area contributed by atoms with E-state index in [0.717, 1.165) is 25.3 Å². The van der Waals surface area contributed by atoms with Crippen LogP contribution in [-0.4, -0.2) is 44.4 Å². The predicted molar refractivity (Wildman–Crippen MR) is 90.3 cm³/mol. The average molecular weight is 429 g/mol. The van der Waals surface area contributed by atoms with Gasteiger partial charge < -0.3 is 10.1 Å². The van der Waals surface area contributed by atoms with Gasteiger partial charge in [0.1, 0.15) is 5.75 Å². The lowest BCUT2D eigenvalue weighted by molar-refractivity contribution is -0.149. The summed E-state index contributed by atoms with van der Waals surface area (Å²) in [5.74, 6) is -0.183. The van der Waals surface area contributed by atoms with Crippen molar-refractivity contribution in [3.8, 4) is 5.75 Å². The molecule has 0 aliphatic carbocycles. The van der Waals surface area contributed by atoms with Crippen molar-refractivity contribution >= 4 is 24.8 Å². The molecule has 1 aromatic carbocycles. The Morgan fingerprint density at radius 1 is 1.08 bits per heavy atom. The van der Waals surface area contributed by atoms with Gasteiger partial charge in [-0.25, -0.2) is 0 Å². The lowest BCUT2D eigenvalue weighted by atomic mass is 9.98. The molecule has 3 nitrogen and oxygen atoms in total. The molecule has 0 aromatic heterocycles. The quantitative estimate of drug-likeness (QED) is 0.716.